The standard InChI is InChI=1S/C12H16N2O3S/c1-3-13-10-6-4-5-7-11(10)14(12(13)15)8-9-18(2,16)17/h4-7H,3,8-9H2,1-2H3. The van der Waals surface area contributed by atoms with E-state index < -0.39 is 9.84 Å². The van der Waals surface area contributed by atoms with Crippen molar-refractivity contribution in [1.82, 2.24) is 9.13 Å². The first-order valence-corrected chi connectivity index (χ1v) is 7.86. The molecule has 0 unspecified atom stereocenters. The van der Waals surface area contributed by atoms with E-state index in [2.05, 4.69) is 0 Å². The van der Waals surface area contributed by atoms with Gasteiger partial charge in [0, 0.05) is 19.3 Å². The Balaban J connectivity index is 2.57. The second-order valence-electron chi connectivity index (χ2n) is 4.30. The molecular formula is C12H16N2O3S. The first kappa shape index (κ1) is 12.9. The van der Waals surface area contributed by atoms with Crippen LogP contribution in [-0.2, 0) is 22.9 Å². The number of rotatable bonds is 4. The van der Waals surface area contributed by atoms with Gasteiger partial charge >= 0.3 is 5.69 Å². The Labute approximate surface area is 106 Å². The van der Waals surface area contributed by atoms with Crippen LogP contribution in [0.25, 0.3) is 11.0 Å². The van der Waals surface area contributed by atoms with Crippen molar-refractivity contribution < 1.29 is 8.42 Å². The lowest BCUT2D eigenvalue weighted by molar-refractivity contribution is 0.592. The van der Waals surface area contributed by atoms with Crippen molar-refractivity contribution in [2.45, 2.75) is 20.0 Å². The SMILES string of the molecule is CCn1c(=O)n(CCS(C)(=O)=O)c2ccccc21. The Morgan fingerprint density at radius 3 is 2.17 bits per heavy atom. The smallest absolute Gasteiger partial charge is 0.292 e. The Kier molecular flexibility index (Phi) is 3.30. The zero-order valence-corrected chi connectivity index (χ0v) is 11.3. The Morgan fingerprint density at radius 2 is 1.67 bits per heavy atom. The highest BCUT2D eigenvalue weighted by Crippen LogP contribution is 2.12. The summed E-state index contributed by atoms with van der Waals surface area (Å²) in [6.45, 7) is 2.67. The van der Waals surface area contributed by atoms with Crippen molar-refractivity contribution >= 4 is 20.9 Å². The zero-order valence-electron chi connectivity index (χ0n) is 10.5. The lowest BCUT2D eigenvalue weighted by Crippen LogP contribution is -2.26. The fourth-order valence-corrected chi connectivity index (χ4v) is 2.57. The van der Waals surface area contributed by atoms with E-state index in [1.807, 2.05) is 31.2 Å². The van der Waals surface area contributed by atoms with E-state index in [4.69, 9.17) is 0 Å². The molecule has 1 aromatic carbocycles. The molecule has 0 bridgehead atoms. The van der Waals surface area contributed by atoms with Crippen LogP contribution in [0.3, 0.4) is 0 Å². The number of hydrogen-bond acceptors (Lipinski definition) is 3. The molecule has 6 heteroatoms. The van der Waals surface area contributed by atoms with E-state index in [-0.39, 0.29) is 18.0 Å². The molecule has 98 valence electrons. The number of benzene rings is 1. The highest BCUT2D eigenvalue weighted by molar-refractivity contribution is 7.90. The Bertz CT molecular complexity index is 725. The van der Waals surface area contributed by atoms with Crippen LogP contribution in [0.15, 0.2) is 29.1 Å². The first-order valence-electron chi connectivity index (χ1n) is 5.80. The lowest BCUT2D eigenvalue weighted by Gasteiger charge is -2.01. The molecule has 2 rings (SSSR count). The minimum Gasteiger partial charge on any atom is -0.292 e. The summed E-state index contributed by atoms with van der Waals surface area (Å²) >= 11 is 0. The van der Waals surface area contributed by atoms with Crippen molar-refractivity contribution in [3.8, 4) is 0 Å². The van der Waals surface area contributed by atoms with Crippen LogP contribution in [0.1, 0.15) is 6.92 Å². The van der Waals surface area contributed by atoms with Gasteiger partial charge in [0.1, 0.15) is 9.84 Å². The van der Waals surface area contributed by atoms with Crippen molar-refractivity contribution in [3.63, 3.8) is 0 Å². The molecule has 0 saturated heterocycles. The monoisotopic (exact) mass is 268 g/mol. The number of fused-ring (bicyclic) bond motifs is 1. The van der Waals surface area contributed by atoms with Crippen molar-refractivity contribution in [3.05, 3.63) is 34.7 Å². The predicted molar refractivity (Wildman–Crippen MR) is 71.6 cm³/mol. The number of nitrogens with zero attached hydrogens (tertiary/aromatic N) is 2. The molecule has 0 atom stereocenters. The van der Waals surface area contributed by atoms with Crippen LogP contribution >= 0.6 is 0 Å². The number of imidazole rings is 1. The van der Waals surface area contributed by atoms with E-state index in [9.17, 15) is 13.2 Å². The van der Waals surface area contributed by atoms with Crippen molar-refractivity contribution in [2.24, 2.45) is 0 Å². The van der Waals surface area contributed by atoms with Gasteiger partial charge in [-0.3, -0.25) is 9.13 Å². The third-order valence-corrected chi connectivity index (χ3v) is 3.85. The fraction of sp³-hybridized carbons (Fsp3) is 0.417. The molecule has 5 nitrogen and oxygen atoms in total. The lowest BCUT2D eigenvalue weighted by atomic mass is 10.3. The topological polar surface area (TPSA) is 61.1 Å². The molecule has 0 aliphatic carbocycles. The molecule has 0 aliphatic heterocycles. The average molecular weight is 268 g/mol. The summed E-state index contributed by atoms with van der Waals surface area (Å²) in [4.78, 5) is 12.2. The van der Waals surface area contributed by atoms with Crippen LogP contribution < -0.4 is 5.69 Å². The maximum Gasteiger partial charge on any atom is 0.329 e. The van der Waals surface area contributed by atoms with Gasteiger partial charge in [0.25, 0.3) is 0 Å². The van der Waals surface area contributed by atoms with Crippen LogP contribution in [0.4, 0.5) is 0 Å². The molecule has 0 N–H and O–H groups in total. The predicted octanol–water partition coefficient (Wildman–Crippen LogP) is 0.867. The average Bonchev–Trinajstić information content (AvgIpc) is 2.57. The molecule has 0 radical (unpaired) electrons. The number of para-hydroxylation sites is 2. The highest BCUT2D eigenvalue weighted by Gasteiger charge is 2.12. The summed E-state index contributed by atoms with van der Waals surface area (Å²) in [5.41, 5.74) is 1.48. The second kappa shape index (κ2) is 4.61. The first-order chi connectivity index (χ1) is 8.44. The van der Waals surface area contributed by atoms with Gasteiger partial charge in [-0.2, -0.15) is 0 Å². The van der Waals surface area contributed by atoms with E-state index in [1.165, 1.54) is 10.8 Å². The molecule has 1 aromatic heterocycles. The molecule has 0 amide bonds. The van der Waals surface area contributed by atoms with Gasteiger partial charge in [-0.25, -0.2) is 13.2 Å². The van der Waals surface area contributed by atoms with Gasteiger partial charge in [-0.05, 0) is 19.1 Å². The second-order valence-corrected chi connectivity index (χ2v) is 6.56. The quantitative estimate of drug-likeness (QED) is 0.826. The van der Waals surface area contributed by atoms with Gasteiger partial charge < -0.3 is 0 Å². The van der Waals surface area contributed by atoms with Gasteiger partial charge in [-0.1, -0.05) is 12.1 Å². The van der Waals surface area contributed by atoms with E-state index in [0.717, 1.165) is 11.0 Å². The zero-order chi connectivity index (χ0) is 13.3. The summed E-state index contributed by atoms with van der Waals surface area (Å²) in [6.07, 6.45) is 1.18. The van der Waals surface area contributed by atoms with Crippen LogP contribution in [0.5, 0.6) is 0 Å². The summed E-state index contributed by atoms with van der Waals surface area (Å²) in [5, 5.41) is 0. The molecule has 0 saturated carbocycles. The van der Waals surface area contributed by atoms with Gasteiger partial charge in [0.15, 0.2) is 0 Å². The fourth-order valence-electron chi connectivity index (χ4n) is 2.05. The normalized spacial score (nSPS) is 12.1. The minimum absolute atomic E-state index is 0.0232. The minimum atomic E-state index is -3.07. The highest BCUT2D eigenvalue weighted by atomic mass is 32.2. The number of hydrogen-bond donors (Lipinski definition) is 0. The van der Waals surface area contributed by atoms with E-state index >= 15 is 0 Å². The molecular weight excluding hydrogens is 252 g/mol. The summed E-state index contributed by atoms with van der Waals surface area (Å²) < 4.78 is 25.6. The number of sulfone groups is 1. The van der Waals surface area contributed by atoms with Crippen LogP contribution in [-0.4, -0.2) is 29.6 Å². The van der Waals surface area contributed by atoms with E-state index in [0.29, 0.717) is 6.54 Å². The molecule has 1 heterocycles. The number of aryl methyl sites for hydroxylation is 2. The molecule has 0 aliphatic rings. The summed E-state index contributed by atoms with van der Waals surface area (Å²) in [6, 6.07) is 7.43. The third kappa shape index (κ3) is 2.33. The Morgan fingerprint density at radius 1 is 1.11 bits per heavy atom. The van der Waals surface area contributed by atoms with Crippen LogP contribution in [0.2, 0.25) is 0 Å². The third-order valence-electron chi connectivity index (χ3n) is 2.93. The van der Waals surface area contributed by atoms with Crippen molar-refractivity contribution in [2.75, 3.05) is 12.0 Å². The van der Waals surface area contributed by atoms with Gasteiger partial charge in [0.2, 0.25) is 0 Å². The van der Waals surface area contributed by atoms with Crippen molar-refractivity contribution in [1.29, 1.82) is 0 Å². The Hall–Kier alpha value is -1.56. The van der Waals surface area contributed by atoms with Gasteiger partial charge in [0.05, 0.1) is 16.8 Å². The molecule has 0 spiro atoms. The molecule has 0 fully saturated rings. The maximum absolute atomic E-state index is 12.2. The molecule has 2 aromatic rings. The summed E-state index contributed by atoms with van der Waals surface area (Å²) in [5.74, 6) is -0.0232. The van der Waals surface area contributed by atoms with E-state index in [1.54, 1.807) is 4.57 Å². The number of aromatic nitrogens is 2. The maximum atomic E-state index is 12.2. The van der Waals surface area contributed by atoms with Crippen LogP contribution in [0, 0.1) is 0 Å². The largest absolute Gasteiger partial charge is 0.329 e. The molecule has 18 heavy (non-hydrogen) atoms. The summed E-state index contributed by atoms with van der Waals surface area (Å²) in [7, 11) is -3.07. The van der Waals surface area contributed by atoms with Gasteiger partial charge in [-0.15, -0.1) is 0 Å².